The van der Waals surface area contributed by atoms with Gasteiger partial charge in [0.1, 0.15) is 5.01 Å². The molecule has 0 fully saturated rings. The van der Waals surface area contributed by atoms with E-state index < -0.39 is 0 Å². The molecule has 39 heavy (non-hydrogen) atoms. The van der Waals surface area contributed by atoms with Gasteiger partial charge in [-0.25, -0.2) is 0 Å². The number of carbonyl (C=O) groups excluding carboxylic acids is 2. The molecule has 0 spiro atoms. The minimum atomic E-state index is -0.252. The third-order valence-corrected chi connectivity index (χ3v) is 7.39. The Kier molecular flexibility index (Phi) is 8.51. The summed E-state index contributed by atoms with van der Waals surface area (Å²) in [5, 5.41) is 15.2. The van der Waals surface area contributed by atoms with Gasteiger partial charge in [0.15, 0.2) is 0 Å². The first-order valence-electron chi connectivity index (χ1n) is 12.8. The predicted molar refractivity (Wildman–Crippen MR) is 155 cm³/mol. The van der Waals surface area contributed by atoms with Gasteiger partial charge in [-0.2, -0.15) is 0 Å². The number of hydrogen-bond donors (Lipinski definition) is 2. The van der Waals surface area contributed by atoms with Crippen molar-refractivity contribution >= 4 is 23.2 Å². The highest BCUT2D eigenvalue weighted by Gasteiger charge is 2.18. The summed E-state index contributed by atoms with van der Waals surface area (Å²) in [4.78, 5) is 25.4. The number of benzene rings is 4. The van der Waals surface area contributed by atoms with Crippen LogP contribution < -0.4 is 10.6 Å². The van der Waals surface area contributed by atoms with Gasteiger partial charge in [-0.05, 0) is 34.4 Å². The number of aromatic nitrogens is 2. The molecular formula is C32H28N4O2S. The van der Waals surface area contributed by atoms with Gasteiger partial charge in [0.25, 0.3) is 11.8 Å². The average Bonchev–Trinajstić information content (AvgIpc) is 3.48. The molecule has 0 aliphatic heterocycles. The van der Waals surface area contributed by atoms with E-state index in [1.807, 2.05) is 91.0 Å². The fourth-order valence-corrected chi connectivity index (χ4v) is 5.10. The SMILES string of the molecule is O=C(NCCc1nnc(C(=O)NCC(c2ccccc2)c2ccccc2)s1)c1ccc(-c2ccccc2)cc1. The molecule has 5 aromatic rings. The van der Waals surface area contributed by atoms with Gasteiger partial charge < -0.3 is 10.6 Å². The van der Waals surface area contributed by atoms with Crippen LogP contribution in [0.15, 0.2) is 115 Å². The molecule has 194 valence electrons. The smallest absolute Gasteiger partial charge is 0.282 e. The molecule has 0 saturated carbocycles. The van der Waals surface area contributed by atoms with Crippen LogP contribution in [0.25, 0.3) is 11.1 Å². The summed E-state index contributed by atoms with van der Waals surface area (Å²) < 4.78 is 0. The highest BCUT2D eigenvalue weighted by atomic mass is 32.1. The number of nitrogens with one attached hydrogen (secondary N) is 2. The molecule has 0 aliphatic rings. The first kappa shape index (κ1) is 26.0. The minimum absolute atomic E-state index is 0.0284. The van der Waals surface area contributed by atoms with E-state index in [-0.39, 0.29) is 17.7 Å². The second-order valence-electron chi connectivity index (χ2n) is 9.03. The van der Waals surface area contributed by atoms with Crippen molar-refractivity contribution in [1.82, 2.24) is 20.8 Å². The lowest BCUT2D eigenvalue weighted by Crippen LogP contribution is -2.28. The largest absolute Gasteiger partial charge is 0.352 e. The number of hydrogen-bond acceptors (Lipinski definition) is 5. The van der Waals surface area contributed by atoms with Gasteiger partial charge in [-0.3, -0.25) is 9.59 Å². The van der Waals surface area contributed by atoms with Crippen LogP contribution in [-0.4, -0.2) is 35.1 Å². The van der Waals surface area contributed by atoms with Crippen LogP contribution in [0, 0.1) is 0 Å². The fourth-order valence-electron chi connectivity index (χ4n) is 4.35. The molecule has 1 heterocycles. The summed E-state index contributed by atoms with van der Waals surface area (Å²) in [5.74, 6) is -0.371. The van der Waals surface area contributed by atoms with Gasteiger partial charge in [-0.1, -0.05) is 114 Å². The van der Waals surface area contributed by atoms with Crippen LogP contribution in [0.3, 0.4) is 0 Å². The van der Waals surface area contributed by atoms with Crippen LogP contribution in [0.2, 0.25) is 0 Å². The summed E-state index contributed by atoms with van der Waals surface area (Å²) in [6.45, 7) is 0.848. The van der Waals surface area contributed by atoms with Crippen molar-refractivity contribution < 1.29 is 9.59 Å². The zero-order valence-electron chi connectivity index (χ0n) is 21.3. The Hall–Kier alpha value is -4.62. The molecule has 5 rings (SSSR count). The summed E-state index contributed by atoms with van der Waals surface area (Å²) in [6, 6.07) is 37.8. The van der Waals surface area contributed by atoms with Crippen LogP contribution >= 0.6 is 11.3 Å². The van der Waals surface area contributed by atoms with E-state index >= 15 is 0 Å². The minimum Gasteiger partial charge on any atom is -0.352 e. The van der Waals surface area contributed by atoms with Gasteiger partial charge in [0.2, 0.25) is 5.01 Å². The van der Waals surface area contributed by atoms with E-state index in [0.717, 1.165) is 22.3 Å². The first-order chi connectivity index (χ1) is 19.2. The zero-order chi connectivity index (χ0) is 26.9. The Labute approximate surface area is 231 Å². The quantitative estimate of drug-likeness (QED) is 0.240. The lowest BCUT2D eigenvalue weighted by molar-refractivity contribution is 0.0944. The Morgan fingerprint density at radius 3 is 1.82 bits per heavy atom. The van der Waals surface area contributed by atoms with Crippen molar-refractivity contribution in [3.05, 3.63) is 142 Å². The monoisotopic (exact) mass is 532 g/mol. The highest BCUT2D eigenvalue weighted by Crippen LogP contribution is 2.24. The standard InChI is InChI=1S/C32H28N4O2S/c37-30(27-18-16-24(17-19-27)23-10-4-1-5-11-23)33-21-20-29-35-36-32(39-29)31(38)34-22-28(25-12-6-2-7-13-25)26-14-8-3-9-15-26/h1-19,28H,20-22H2,(H,33,37)(H,34,38). The molecule has 0 saturated heterocycles. The summed E-state index contributed by atoms with van der Waals surface area (Å²) >= 11 is 1.25. The molecule has 1 aromatic heterocycles. The van der Waals surface area contributed by atoms with Crippen molar-refractivity contribution in [3.8, 4) is 11.1 Å². The molecule has 7 heteroatoms. The molecule has 0 radical (unpaired) electrons. The maximum absolute atomic E-state index is 12.8. The lowest BCUT2D eigenvalue weighted by atomic mass is 9.91. The molecule has 0 aliphatic carbocycles. The topological polar surface area (TPSA) is 84.0 Å². The van der Waals surface area contributed by atoms with Crippen molar-refractivity contribution in [1.29, 1.82) is 0 Å². The average molecular weight is 533 g/mol. The number of nitrogens with zero attached hydrogens (tertiary/aromatic N) is 2. The normalized spacial score (nSPS) is 10.8. The van der Waals surface area contributed by atoms with E-state index in [1.54, 1.807) is 0 Å². The zero-order valence-corrected chi connectivity index (χ0v) is 22.1. The molecule has 0 bridgehead atoms. The third-order valence-electron chi connectivity index (χ3n) is 6.41. The van der Waals surface area contributed by atoms with E-state index in [0.29, 0.717) is 35.1 Å². The second-order valence-corrected chi connectivity index (χ2v) is 10.1. The summed E-state index contributed by atoms with van der Waals surface area (Å²) in [6.07, 6.45) is 0.495. The summed E-state index contributed by atoms with van der Waals surface area (Å²) in [7, 11) is 0. The van der Waals surface area contributed by atoms with E-state index in [4.69, 9.17) is 0 Å². The van der Waals surface area contributed by atoms with E-state index in [9.17, 15) is 9.59 Å². The maximum atomic E-state index is 12.8. The van der Waals surface area contributed by atoms with Crippen molar-refractivity contribution in [2.45, 2.75) is 12.3 Å². The molecule has 6 nitrogen and oxygen atoms in total. The van der Waals surface area contributed by atoms with Crippen LogP contribution in [0.4, 0.5) is 0 Å². The molecule has 2 N–H and O–H groups in total. The summed E-state index contributed by atoms with van der Waals surface area (Å²) in [5.41, 5.74) is 5.03. The van der Waals surface area contributed by atoms with Crippen LogP contribution in [0.1, 0.15) is 42.2 Å². The van der Waals surface area contributed by atoms with E-state index in [2.05, 4.69) is 45.1 Å². The second kappa shape index (κ2) is 12.8. The molecule has 0 unspecified atom stereocenters. The van der Waals surface area contributed by atoms with Gasteiger partial charge in [-0.15, -0.1) is 10.2 Å². The van der Waals surface area contributed by atoms with Crippen molar-refractivity contribution in [2.75, 3.05) is 13.1 Å². The number of amides is 2. The molecule has 2 amide bonds. The van der Waals surface area contributed by atoms with Gasteiger partial charge in [0, 0.05) is 31.0 Å². The molecular weight excluding hydrogens is 504 g/mol. The number of carbonyl (C=O) groups is 2. The molecule has 0 atom stereocenters. The third kappa shape index (κ3) is 6.83. The Balaban J connectivity index is 1.13. The Morgan fingerprint density at radius 1 is 0.641 bits per heavy atom. The highest BCUT2D eigenvalue weighted by molar-refractivity contribution is 7.13. The predicted octanol–water partition coefficient (Wildman–Crippen LogP) is 5.74. The number of rotatable bonds is 10. The molecule has 4 aromatic carbocycles. The Bertz CT molecular complexity index is 1470. The maximum Gasteiger partial charge on any atom is 0.282 e. The first-order valence-corrected chi connectivity index (χ1v) is 13.6. The van der Waals surface area contributed by atoms with Gasteiger partial charge >= 0.3 is 0 Å². The van der Waals surface area contributed by atoms with E-state index in [1.165, 1.54) is 11.3 Å². The van der Waals surface area contributed by atoms with Gasteiger partial charge in [0.05, 0.1) is 0 Å². The fraction of sp³-hybridized carbons (Fsp3) is 0.125. The van der Waals surface area contributed by atoms with Crippen molar-refractivity contribution in [3.63, 3.8) is 0 Å². The Morgan fingerprint density at radius 2 is 1.21 bits per heavy atom. The van der Waals surface area contributed by atoms with Crippen LogP contribution in [0.5, 0.6) is 0 Å². The van der Waals surface area contributed by atoms with Crippen molar-refractivity contribution in [2.24, 2.45) is 0 Å². The van der Waals surface area contributed by atoms with Crippen LogP contribution in [-0.2, 0) is 6.42 Å². The lowest BCUT2D eigenvalue weighted by Gasteiger charge is -2.18.